The minimum atomic E-state index is -0.263. The summed E-state index contributed by atoms with van der Waals surface area (Å²) < 4.78 is 4.93. The molecule has 8 heteroatoms. The lowest BCUT2D eigenvalue weighted by Gasteiger charge is -2.08. The van der Waals surface area contributed by atoms with Crippen LogP contribution in [0.2, 0.25) is 10.0 Å². The van der Waals surface area contributed by atoms with Gasteiger partial charge in [0.05, 0.1) is 10.0 Å². The van der Waals surface area contributed by atoms with Gasteiger partial charge in [0.2, 0.25) is 0 Å². The Kier molecular flexibility index (Phi) is 6.58. The molecule has 1 aromatic carbocycles. The van der Waals surface area contributed by atoms with E-state index in [1.54, 1.807) is 31.4 Å². The first-order valence-corrected chi connectivity index (χ1v) is 7.67. The summed E-state index contributed by atoms with van der Waals surface area (Å²) in [4.78, 5) is 20.1. The second-order valence-corrected chi connectivity index (χ2v) is 5.46. The summed E-state index contributed by atoms with van der Waals surface area (Å²) in [5.41, 5.74) is 0.990. The van der Waals surface area contributed by atoms with Crippen LogP contribution >= 0.6 is 23.2 Å². The van der Waals surface area contributed by atoms with Gasteiger partial charge in [-0.05, 0) is 24.6 Å². The number of anilines is 2. The molecule has 6 nitrogen and oxygen atoms in total. The van der Waals surface area contributed by atoms with Crippen LogP contribution in [0.3, 0.4) is 0 Å². The topological polar surface area (TPSA) is 76.1 Å². The first kappa shape index (κ1) is 17.5. The van der Waals surface area contributed by atoms with Gasteiger partial charge < -0.3 is 15.4 Å². The normalized spacial score (nSPS) is 10.4. The van der Waals surface area contributed by atoms with Crippen molar-refractivity contribution in [1.82, 2.24) is 15.3 Å². The van der Waals surface area contributed by atoms with Crippen LogP contribution in [-0.4, -0.2) is 36.1 Å². The van der Waals surface area contributed by atoms with Crippen molar-refractivity contribution in [3.8, 4) is 0 Å². The second-order valence-electron chi connectivity index (χ2n) is 4.64. The summed E-state index contributed by atoms with van der Waals surface area (Å²) >= 11 is 11.8. The minimum Gasteiger partial charge on any atom is -0.385 e. The number of hydrogen-bond acceptors (Lipinski definition) is 5. The van der Waals surface area contributed by atoms with Crippen molar-refractivity contribution in [2.24, 2.45) is 0 Å². The number of ether oxygens (including phenoxy) is 1. The molecule has 1 aromatic heterocycles. The maximum absolute atomic E-state index is 12.0. The number of carbonyl (C=O) groups is 1. The van der Waals surface area contributed by atoms with Gasteiger partial charge in [-0.1, -0.05) is 23.2 Å². The summed E-state index contributed by atoms with van der Waals surface area (Å²) in [5, 5.41) is 6.72. The van der Waals surface area contributed by atoms with E-state index in [0.29, 0.717) is 34.7 Å². The van der Waals surface area contributed by atoms with E-state index in [2.05, 4.69) is 20.6 Å². The molecule has 0 aliphatic rings. The molecule has 2 rings (SSSR count). The van der Waals surface area contributed by atoms with Crippen LogP contribution in [0.4, 0.5) is 11.5 Å². The molecule has 122 valence electrons. The Bertz CT molecular complexity index is 682. The second kappa shape index (κ2) is 8.67. The van der Waals surface area contributed by atoms with Gasteiger partial charge in [-0.15, -0.1) is 0 Å². The Hall–Kier alpha value is -1.89. The number of amides is 1. The number of rotatable bonds is 7. The smallest absolute Gasteiger partial charge is 0.270 e. The van der Waals surface area contributed by atoms with Gasteiger partial charge in [-0.25, -0.2) is 9.97 Å². The quantitative estimate of drug-likeness (QED) is 0.746. The Morgan fingerprint density at radius 2 is 2.04 bits per heavy atom. The fraction of sp³-hybridized carbons (Fsp3) is 0.267. The molecule has 0 saturated carbocycles. The lowest BCUT2D eigenvalue weighted by atomic mass is 10.3. The fourth-order valence-corrected chi connectivity index (χ4v) is 2.08. The van der Waals surface area contributed by atoms with Gasteiger partial charge in [0.1, 0.15) is 17.8 Å². The molecule has 23 heavy (non-hydrogen) atoms. The average Bonchev–Trinajstić information content (AvgIpc) is 2.55. The van der Waals surface area contributed by atoms with Crippen LogP contribution in [0.15, 0.2) is 30.6 Å². The lowest BCUT2D eigenvalue weighted by molar-refractivity contribution is 0.0943. The lowest BCUT2D eigenvalue weighted by Crippen LogP contribution is -2.26. The van der Waals surface area contributed by atoms with Crippen molar-refractivity contribution in [2.45, 2.75) is 6.42 Å². The largest absolute Gasteiger partial charge is 0.385 e. The number of aromatic nitrogens is 2. The van der Waals surface area contributed by atoms with E-state index >= 15 is 0 Å². The van der Waals surface area contributed by atoms with E-state index in [1.165, 1.54) is 6.33 Å². The minimum absolute atomic E-state index is 0.263. The maximum atomic E-state index is 12.0. The molecule has 0 atom stereocenters. The highest BCUT2D eigenvalue weighted by molar-refractivity contribution is 6.42. The van der Waals surface area contributed by atoms with Gasteiger partial charge >= 0.3 is 0 Å². The number of nitrogens with zero attached hydrogens (tertiary/aromatic N) is 2. The molecule has 0 spiro atoms. The number of hydrogen-bond donors (Lipinski definition) is 2. The van der Waals surface area contributed by atoms with Crippen LogP contribution in [-0.2, 0) is 4.74 Å². The van der Waals surface area contributed by atoms with Crippen LogP contribution in [0.1, 0.15) is 16.9 Å². The fourth-order valence-electron chi connectivity index (χ4n) is 1.78. The molecule has 0 bridgehead atoms. The molecular weight excluding hydrogens is 339 g/mol. The highest BCUT2D eigenvalue weighted by atomic mass is 35.5. The Labute approximate surface area is 144 Å². The first-order chi connectivity index (χ1) is 11.1. The number of carbonyl (C=O) groups excluding carboxylic acids is 1. The Morgan fingerprint density at radius 1 is 1.22 bits per heavy atom. The predicted molar refractivity (Wildman–Crippen MR) is 90.6 cm³/mol. The summed E-state index contributed by atoms with van der Waals surface area (Å²) in [6.45, 7) is 1.11. The molecule has 0 radical (unpaired) electrons. The standard InChI is InChI=1S/C15H16Cl2N4O2/c1-23-6-2-5-18-15(22)13-8-14(20-9-19-13)21-10-3-4-11(16)12(17)7-10/h3-4,7-9H,2,5-6H2,1H3,(H,18,22)(H,19,20,21). The van der Waals surface area contributed by atoms with Gasteiger partial charge in [0, 0.05) is 32.0 Å². The SMILES string of the molecule is COCCCNC(=O)c1cc(Nc2ccc(Cl)c(Cl)c2)ncn1. The average molecular weight is 355 g/mol. The van der Waals surface area contributed by atoms with Crippen molar-refractivity contribution in [3.63, 3.8) is 0 Å². The van der Waals surface area contributed by atoms with Crippen molar-refractivity contribution in [3.05, 3.63) is 46.3 Å². The summed E-state index contributed by atoms with van der Waals surface area (Å²) in [5.74, 6) is 0.223. The molecule has 0 unspecified atom stereocenters. The van der Waals surface area contributed by atoms with E-state index < -0.39 is 0 Å². The van der Waals surface area contributed by atoms with Crippen LogP contribution < -0.4 is 10.6 Å². The third-order valence-electron chi connectivity index (χ3n) is 2.90. The third-order valence-corrected chi connectivity index (χ3v) is 3.64. The Morgan fingerprint density at radius 3 is 2.78 bits per heavy atom. The number of halogens is 2. The monoisotopic (exact) mass is 354 g/mol. The van der Waals surface area contributed by atoms with Crippen molar-refractivity contribution < 1.29 is 9.53 Å². The highest BCUT2D eigenvalue weighted by Crippen LogP contribution is 2.26. The zero-order valence-electron chi connectivity index (χ0n) is 12.5. The van der Waals surface area contributed by atoms with E-state index in [0.717, 1.165) is 6.42 Å². The van der Waals surface area contributed by atoms with Crippen molar-refractivity contribution >= 4 is 40.6 Å². The Balaban J connectivity index is 2.01. The molecule has 2 N–H and O–H groups in total. The van der Waals surface area contributed by atoms with E-state index in [1.807, 2.05) is 0 Å². The van der Waals surface area contributed by atoms with Crippen molar-refractivity contribution in [1.29, 1.82) is 0 Å². The third kappa shape index (κ3) is 5.35. The maximum Gasteiger partial charge on any atom is 0.270 e. The summed E-state index contributed by atoms with van der Waals surface area (Å²) in [6, 6.07) is 6.68. The van der Waals surface area contributed by atoms with Crippen LogP contribution in [0.25, 0.3) is 0 Å². The van der Waals surface area contributed by atoms with Crippen LogP contribution in [0.5, 0.6) is 0 Å². The van der Waals surface area contributed by atoms with Gasteiger partial charge in [0.15, 0.2) is 0 Å². The number of methoxy groups -OCH3 is 1. The van der Waals surface area contributed by atoms with Crippen LogP contribution in [0, 0.1) is 0 Å². The summed E-state index contributed by atoms with van der Waals surface area (Å²) in [7, 11) is 1.62. The molecule has 0 aliphatic heterocycles. The molecular formula is C15H16Cl2N4O2. The molecule has 2 aromatic rings. The van der Waals surface area contributed by atoms with E-state index in [-0.39, 0.29) is 11.6 Å². The zero-order chi connectivity index (χ0) is 16.7. The van der Waals surface area contributed by atoms with Gasteiger partial charge in [-0.2, -0.15) is 0 Å². The van der Waals surface area contributed by atoms with E-state index in [4.69, 9.17) is 27.9 Å². The molecule has 0 fully saturated rings. The van der Waals surface area contributed by atoms with E-state index in [9.17, 15) is 4.79 Å². The van der Waals surface area contributed by atoms with Crippen molar-refractivity contribution in [2.75, 3.05) is 25.6 Å². The number of nitrogens with one attached hydrogen (secondary N) is 2. The molecule has 1 amide bonds. The number of benzene rings is 1. The molecule has 0 aliphatic carbocycles. The highest BCUT2D eigenvalue weighted by Gasteiger charge is 2.08. The van der Waals surface area contributed by atoms with Gasteiger partial charge in [-0.3, -0.25) is 4.79 Å². The van der Waals surface area contributed by atoms with Gasteiger partial charge in [0.25, 0.3) is 5.91 Å². The predicted octanol–water partition coefficient (Wildman–Crippen LogP) is 3.29. The first-order valence-electron chi connectivity index (χ1n) is 6.91. The summed E-state index contributed by atoms with van der Waals surface area (Å²) in [6.07, 6.45) is 2.06. The zero-order valence-corrected chi connectivity index (χ0v) is 14.0. The molecule has 1 heterocycles. The molecule has 0 saturated heterocycles.